The van der Waals surface area contributed by atoms with Crippen LogP contribution in [-0.2, 0) is 0 Å². The van der Waals surface area contributed by atoms with Crippen LogP contribution in [0.5, 0.6) is 11.6 Å². The number of ether oxygens (including phenoxy) is 1. The van der Waals surface area contributed by atoms with Gasteiger partial charge >= 0.3 is 0 Å². The summed E-state index contributed by atoms with van der Waals surface area (Å²) in [5.74, 6) is 0.0777. The highest BCUT2D eigenvalue weighted by Gasteiger charge is 2.37. The Morgan fingerprint density at radius 3 is 2.45 bits per heavy atom. The summed E-state index contributed by atoms with van der Waals surface area (Å²) in [6.45, 7) is 0. The number of halogens is 1. The molecule has 5 rings (SSSR count). The number of aromatic hydroxyl groups is 1. The standard InChI is InChI=1S/C26H31FN6O2S3/c1-28-16-4-2-3-5-18(11-16)33(17-7-8-17)25-30-14-22(31-32-25)19-9-6-15(10-23(19)34)20-12-24(29-13-21(20)27)35-26(36,37)38/h6,9-10,12-14,16-18,28,34,36-38H,2-5,7-8,11H2,1H3/t16-,18-/m0/s1. The quantitative estimate of drug-likeness (QED) is 0.144. The van der Waals surface area contributed by atoms with Crippen molar-refractivity contribution < 1.29 is 14.2 Å². The fraction of sp³-hybridized carbons (Fsp3) is 0.462. The van der Waals surface area contributed by atoms with E-state index in [4.69, 9.17) is 4.74 Å². The predicted octanol–water partition coefficient (Wildman–Crippen LogP) is 5.11. The molecule has 2 N–H and O–H groups in total. The molecule has 0 spiro atoms. The molecule has 2 aliphatic rings. The zero-order valence-corrected chi connectivity index (χ0v) is 23.6. The lowest BCUT2D eigenvalue weighted by Crippen LogP contribution is -2.42. The molecule has 1 aromatic carbocycles. The van der Waals surface area contributed by atoms with Gasteiger partial charge in [-0.25, -0.2) is 14.4 Å². The van der Waals surface area contributed by atoms with Crippen LogP contribution in [0.2, 0.25) is 0 Å². The molecule has 0 bridgehead atoms. The van der Waals surface area contributed by atoms with Crippen LogP contribution >= 0.6 is 37.9 Å². The van der Waals surface area contributed by atoms with E-state index in [1.807, 2.05) is 7.05 Å². The molecule has 2 atom stereocenters. The summed E-state index contributed by atoms with van der Waals surface area (Å²) < 4.78 is 18.6. The number of thiol groups is 3. The van der Waals surface area contributed by atoms with Crippen molar-refractivity contribution in [2.24, 2.45) is 0 Å². The number of phenols is 1. The second-order valence-corrected chi connectivity index (χ2v) is 12.8. The summed E-state index contributed by atoms with van der Waals surface area (Å²) in [6, 6.07) is 7.54. The lowest BCUT2D eigenvalue weighted by molar-refractivity contribution is 0.330. The normalized spacial score (nSPS) is 20.1. The van der Waals surface area contributed by atoms with Gasteiger partial charge in [-0.15, -0.1) is 48.1 Å². The maximum atomic E-state index is 14.6. The highest BCUT2D eigenvalue weighted by Crippen LogP contribution is 2.38. The SMILES string of the molecule is CN[C@H]1CCCC[C@H](N(c2ncc(-c3ccc(-c4cc(OC(S)(S)S)ncc4F)cc3O)nn2)C2CC2)C1. The number of benzene rings is 1. The van der Waals surface area contributed by atoms with E-state index in [-0.39, 0.29) is 17.2 Å². The minimum atomic E-state index is -1.38. The Labute approximate surface area is 238 Å². The van der Waals surface area contributed by atoms with Crippen LogP contribution in [0.25, 0.3) is 22.4 Å². The Bertz CT molecular complexity index is 1270. The van der Waals surface area contributed by atoms with Crippen LogP contribution in [0.4, 0.5) is 10.3 Å². The summed E-state index contributed by atoms with van der Waals surface area (Å²) in [5.41, 5.74) is 1.52. The number of anilines is 1. The van der Waals surface area contributed by atoms with Crippen molar-refractivity contribution in [3.05, 3.63) is 42.5 Å². The largest absolute Gasteiger partial charge is 0.507 e. The number of hydrogen-bond donors (Lipinski definition) is 5. The zero-order chi connectivity index (χ0) is 26.9. The second-order valence-electron chi connectivity index (χ2n) is 9.85. The first-order chi connectivity index (χ1) is 18.2. The lowest BCUT2D eigenvalue weighted by atomic mass is 10.0. The van der Waals surface area contributed by atoms with Crippen LogP contribution < -0.4 is 15.0 Å². The first-order valence-electron chi connectivity index (χ1n) is 12.7. The Balaban J connectivity index is 1.38. The van der Waals surface area contributed by atoms with Gasteiger partial charge in [0.25, 0.3) is 0 Å². The number of hydrogen-bond acceptors (Lipinski definition) is 11. The molecule has 12 heteroatoms. The van der Waals surface area contributed by atoms with Crippen LogP contribution in [0.3, 0.4) is 0 Å². The Morgan fingerprint density at radius 2 is 1.79 bits per heavy atom. The molecule has 0 radical (unpaired) electrons. The van der Waals surface area contributed by atoms with E-state index in [1.165, 1.54) is 31.4 Å². The number of pyridine rings is 1. The zero-order valence-electron chi connectivity index (χ0n) is 21.0. The molecule has 0 amide bonds. The fourth-order valence-electron chi connectivity index (χ4n) is 5.09. The molecular formula is C26H31FN6O2S3. The molecule has 0 aliphatic heterocycles. The lowest BCUT2D eigenvalue weighted by Gasteiger charge is -2.32. The Morgan fingerprint density at radius 1 is 1.00 bits per heavy atom. The Kier molecular flexibility index (Phi) is 8.22. The minimum Gasteiger partial charge on any atom is -0.507 e. The smallest absolute Gasteiger partial charge is 0.245 e. The third-order valence-electron chi connectivity index (χ3n) is 7.08. The van der Waals surface area contributed by atoms with Gasteiger partial charge in [0.05, 0.1) is 12.4 Å². The van der Waals surface area contributed by atoms with Crippen molar-refractivity contribution in [1.29, 1.82) is 0 Å². The van der Waals surface area contributed by atoms with Crippen molar-refractivity contribution in [2.75, 3.05) is 11.9 Å². The molecule has 3 aromatic rings. The fourth-order valence-corrected chi connectivity index (χ4v) is 5.37. The third-order valence-corrected chi connectivity index (χ3v) is 7.35. The van der Waals surface area contributed by atoms with Gasteiger partial charge in [0, 0.05) is 35.3 Å². The first-order valence-corrected chi connectivity index (χ1v) is 14.1. The van der Waals surface area contributed by atoms with E-state index < -0.39 is 9.41 Å². The molecule has 38 heavy (non-hydrogen) atoms. The number of aromatic nitrogens is 4. The molecule has 2 saturated carbocycles. The van der Waals surface area contributed by atoms with E-state index in [1.54, 1.807) is 18.3 Å². The van der Waals surface area contributed by atoms with Crippen molar-refractivity contribution in [1.82, 2.24) is 25.5 Å². The minimum absolute atomic E-state index is 0.0726. The van der Waals surface area contributed by atoms with E-state index in [0.29, 0.717) is 40.9 Å². The molecule has 0 saturated heterocycles. The molecular weight excluding hydrogens is 544 g/mol. The maximum absolute atomic E-state index is 14.6. The molecule has 2 aromatic heterocycles. The van der Waals surface area contributed by atoms with Crippen molar-refractivity contribution >= 4 is 43.8 Å². The van der Waals surface area contributed by atoms with Crippen molar-refractivity contribution in [3.8, 4) is 34.0 Å². The van der Waals surface area contributed by atoms with Gasteiger partial charge in [0.2, 0.25) is 15.4 Å². The Hall–Kier alpha value is -2.28. The van der Waals surface area contributed by atoms with E-state index in [2.05, 4.69) is 68.3 Å². The molecule has 2 aliphatic carbocycles. The average Bonchev–Trinajstić information content (AvgIpc) is 3.73. The summed E-state index contributed by atoms with van der Waals surface area (Å²) in [4.78, 5) is 10.9. The van der Waals surface area contributed by atoms with E-state index >= 15 is 0 Å². The molecule has 8 nitrogen and oxygen atoms in total. The van der Waals surface area contributed by atoms with Crippen molar-refractivity contribution in [3.63, 3.8) is 0 Å². The van der Waals surface area contributed by atoms with Crippen molar-refractivity contribution in [2.45, 2.75) is 66.7 Å². The van der Waals surface area contributed by atoms with Gasteiger partial charge in [-0.05, 0) is 56.8 Å². The van der Waals surface area contributed by atoms with Gasteiger partial charge in [-0.2, -0.15) is 0 Å². The van der Waals surface area contributed by atoms with Gasteiger partial charge in [-0.3, -0.25) is 0 Å². The van der Waals surface area contributed by atoms with Crippen LogP contribution in [0, 0.1) is 5.82 Å². The average molecular weight is 575 g/mol. The molecule has 2 fully saturated rings. The van der Waals surface area contributed by atoms with E-state index in [0.717, 1.165) is 31.9 Å². The van der Waals surface area contributed by atoms with Gasteiger partial charge in [0.15, 0.2) is 0 Å². The predicted molar refractivity (Wildman–Crippen MR) is 156 cm³/mol. The topological polar surface area (TPSA) is 96.3 Å². The molecule has 2 heterocycles. The summed E-state index contributed by atoms with van der Waals surface area (Å²) in [7, 11) is 2.03. The van der Waals surface area contributed by atoms with Crippen LogP contribution in [0.15, 0.2) is 36.7 Å². The monoisotopic (exact) mass is 574 g/mol. The third kappa shape index (κ3) is 6.47. The maximum Gasteiger partial charge on any atom is 0.245 e. The van der Waals surface area contributed by atoms with E-state index in [9.17, 15) is 9.50 Å². The second kappa shape index (κ2) is 11.4. The summed E-state index contributed by atoms with van der Waals surface area (Å²) >= 11 is 12.2. The van der Waals surface area contributed by atoms with Crippen LogP contribution in [0.1, 0.15) is 44.9 Å². The number of phenolic OH excluding ortho intramolecular Hbond substituents is 1. The number of rotatable bonds is 8. The molecule has 202 valence electrons. The molecule has 0 unspecified atom stereocenters. The first kappa shape index (κ1) is 27.3. The summed E-state index contributed by atoms with van der Waals surface area (Å²) in [6.07, 6.45) is 10.8. The number of nitrogens with zero attached hydrogens (tertiary/aromatic N) is 5. The highest BCUT2D eigenvalue weighted by molar-refractivity contribution is 8.16. The van der Waals surface area contributed by atoms with Gasteiger partial charge in [-0.1, -0.05) is 18.9 Å². The van der Waals surface area contributed by atoms with Gasteiger partial charge < -0.3 is 20.1 Å². The highest BCUT2D eigenvalue weighted by atomic mass is 32.2. The van der Waals surface area contributed by atoms with Gasteiger partial charge in [0.1, 0.15) is 17.3 Å². The number of nitrogens with one attached hydrogen (secondary N) is 1. The summed E-state index contributed by atoms with van der Waals surface area (Å²) in [5, 5.41) is 23.2. The van der Waals surface area contributed by atoms with Crippen LogP contribution in [-0.4, -0.2) is 54.0 Å².